The number of carbonyl (C=O) groups excluding carboxylic acids is 1. The summed E-state index contributed by atoms with van der Waals surface area (Å²) in [5, 5.41) is 7.44. The number of rotatable bonds is 8. The van der Waals surface area contributed by atoms with Gasteiger partial charge in [0.1, 0.15) is 5.84 Å². The van der Waals surface area contributed by atoms with Crippen molar-refractivity contribution in [3.8, 4) is 0 Å². The Bertz CT molecular complexity index is 1040. The van der Waals surface area contributed by atoms with Gasteiger partial charge >= 0.3 is 0 Å². The number of amidine groups is 1. The van der Waals surface area contributed by atoms with E-state index in [0.717, 1.165) is 29.7 Å². The third-order valence-corrected chi connectivity index (χ3v) is 6.63. The Hall–Kier alpha value is -2.58. The van der Waals surface area contributed by atoms with Crippen LogP contribution in [0.2, 0.25) is 0 Å². The van der Waals surface area contributed by atoms with Crippen LogP contribution in [0.5, 0.6) is 0 Å². The minimum Gasteiger partial charge on any atom is -0.384 e. The average Bonchev–Trinajstić information content (AvgIpc) is 2.71. The summed E-state index contributed by atoms with van der Waals surface area (Å²) >= 11 is 0. The maximum atomic E-state index is 12.9. The second-order valence-electron chi connectivity index (χ2n) is 7.52. The highest BCUT2D eigenvalue weighted by molar-refractivity contribution is 7.92. The normalized spacial score (nSPS) is 13.1. The average molecular weight is 465 g/mol. The second kappa shape index (κ2) is 10.6. The van der Waals surface area contributed by atoms with E-state index in [1.807, 2.05) is 31.2 Å². The first-order valence-electron chi connectivity index (χ1n) is 10.2. The molecule has 2 aromatic carbocycles. The number of nitrogens with two attached hydrogens (primary N) is 1. The third-order valence-electron chi connectivity index (χ3n) is 5.14. The Morgan fingerprint density at radius 1 is 1.19 bits per heavy atom. The van der Waals surface area contributed by atoms with Crippen LogP contribution in [-0.2, 0) is 27.7 Å². The number of benzene rings is 2. The summed E-state index contributed by atoms with van der Waals surface area (Å²) in [4.78, 5) is 14.7. The molecule has 0 saturated carbocycles. The zero-order valence-corrected chi connectivity index (χ0v) is 19.2. The van der Waals surface area contributed by atoms with Gasteiger partial charge in [-0.25, -0.2) is 8.42 Å². The minimum absolute atomic E-state index is 0. The van der Waals surface area contributed by atoms with Crippen molar-refractivity contribution in [3.63, 3.8) is 0 Å². The molecule has 0 saturated heterocycles. The lowest BCUT2D eigenvalue weighted by atomic mass is 10.00. The summed E-state index contributed by atoms with van der Waals surface area (Å²) < 4.78 is 26.7. The van der Waals surface area contributed by atoms with Crippen molar-refractivity contribution in [2.24, 2.45) is 5.73 Å². The Morgan fingerprint density at radius 3 is 2.55 bits per heavy atom. The van der Waals surface area contributed by atoms with E-state index in [9.17, 15) is 13.2 Å². The minimum atomic E-state index is -3.34. The van der Waals surface area contributed by atoms with Crippen molar-refractivity contribution in [3.05, 3.63) is 59.2 Å². The Balaban J connectivity index is 0.00000341. The SMILES string of the molecule is CCCS(=O)(=O)Nc1ccc2c(c1)CCCN2C(=O)CCc1ccc(C(=N)N)cc1.Cl. The molecule has 1 aliphatic rings. The number of fused-ring (bicyclic) bond motifs is 1. The summed E-state index contributed by atoms with van der Waals surface area (Å²) in [5.41, 5.74) is 9.54. The molecule has 0 spiro atoms. The summed E-state index contributed by atoms with van der Waals surface area (Å²) in [6.45, 7) is 2.49. The van der Waals surface area contributed by atoms with Crippen molar-refractivity contribution < 1.29 is 13.2 Å². The third kappa shape index (κ3) is 6.45. The Kier molecular flexibility index (Phi) is 8.47. The van der Waals surface area contributed by atoms with E-state index in [2.05, 4.69) is 4.72 Å². The molecule has 168 valence electrons. The summed E-state index contributed by atoms with van der Waals surface area (Å²) in [7, 11) is -3.34. The molecule has 9 heteroatoms. The molecule has 0 radical (unpaired) electrons. The molecule has 4 N–H and O–H groups in total. The molecule has 0 bridgehead atoms. The summed E-state index contributed by atoms with van der Waals surface area (Å²) in [5.74, 6) is 0.159. The van der Waals surface area contributed by atoms with Crippen LogP contribution in [0.4, 0.5) is 11.4 Å². The fraction of sp³-hybridized carbons (Fsp3) is 0.364. The number of carbonyl (C=O) groups is 1. The molecule has 0 atom stereocenters. The van der Waals surface area contributed by atoms with Gasteiger partial charge in [0.2, 0.25) is 15.9 Å². The molecular weight excluding hydrogens is 436 g/mol. The van der Waals surface area contributed by atoms with Crippen LogP contribution in [0, 0.1) is 5.41 Å². The van der Waals surface area contributed by atoms with Crippen molar-refractivity contribution in [1.82, 2.24) is 0 Å². The van der Waals surface area contributed by atoms with E-state index in [1.165, 1.54) is 0 Å². The highest BCUT2D eigenvalue weighted by atomic mass is 35.5. The van der Waals surface area contributed by atoms with E-state index in [1.54, 1.807) is 23.1 Å². The Labute approximate surface area is 190 Å². The van der Waals surface area contributed by atoms with Crippen LogP contribution in [0.25, 0.3) is 0 Å². The molecule has 0 fully saturated rings. The number of nitrogens with one attached hydrogen (secondary N) is 2. The molecule has 31 heavy (non-hydrogen) atoms. The number of hydrogen-bond donors (Lipinski definition) is 3. The van der Waals surface area contributed by atoms with Crippen molar-refractivity contribution in [2.75, 3.05) is 21.9 Å². The fourth-order valence-electron chi connectivity index (χ4n) is 3.66. The molecule has 0 aromatic heterocycles. The van der Waals surface area contributed by atoms with Crippen LogP contribution in [0.1, 0.15) is 42.9 Å². The van der Waals surface area contributed by atoms with Crippen LogP contribution in [0.15, 0.2) is 42.5 Å². The highest BCUT2D eigenvalue weighted by Crippen LogP contribution is 2.30. The van der Waals surface area contributed by atoms with Gasteiger partial charge in [-0.15, -0.1) is 12.4 Å². The lowest BCUT2D eigenvalue weighted by Gasteiger charge is -2.30. The maximum absolute atomic E-state index is 12.9. The van der Waals surface area contributed by atoms with Gasteiger partial charge in [-0.2, -0.15) is 0 Å². The highest BCUT2D eigenvalue weighted by Gasteiger charge is 2.23. The molecule has 3 rings (SSSR count). The number of sulfonamides is 1. The lowest BCUT2D eigenvalue weighted by Crippen LogP contribution is -2.35. The van der Waals surface area contributed by atoms with E-state index in [4.69, 9.17) is 11.1 Å². The van der Waals surface area contributed by atoms with Crippen LogP contribution in [-0.4, -0.2) is 32.5 Å². The molecule has 0 unspecified atom stereocenters. The van der Waals surface area contributed by atoms with Crippen LogP contribution >= 0.6 is 12.4 Å². The molecule has 2 aromatic rings. The number of hydrogen-bond acceptors (Lipinski definition) is 4. The smallest absolute Gasteiger partial charge is 0.232 e. The number of aryl methyl sites for hydroxylation is 2. The zero-order valence-electron chi connectivity index (χ0n) is 17.6. The molecule has 0 aliphatic carbocycles. The summed E-state index contributed by atoms with van der Waals surface area (Å²) in [6.07, 6.45) is 3.20. The quantitative estimate of drug-likeness (QED) is 0.409. The molecule has 1 aliphatic heterocycles. The molecule has 1 heterocycles. The van der Waals surface area contributed by atoms with Crippen LogP contribution in [0.3, 0.4) is 0 Å². The van der Waals surface area contributed by atoms with Crippen molar-refractivity contribution in [2.45, 2.75) is 39.0 Å². The van der Waals surface area contributed by atoms with Crippen LogP contribution < -0.4 is 15.4 Å². The van der Waals surface area contributed by atoms with Gasteiger partial charge in [0, 0.05) is 29.9 Å². The molecule has 7 nitrogen and oxygen atoms in total. The molecular formula is C22H29ClN4O3S. The number of nitrogens with zero attached hydrogens (tertiary/aromatic N) is 1. The number of nitrogen functional groups attached to an aromatic ring is 1. The van der Waals surface area contributed by atoms with Gasteiger partial charge in [0.25, 0.3) is 0 Å². The van der Waals surface area contributed by atoms with E-state index in [0.29, 0.717) is 37.1 Å². The monoisotopic (exact) mass is 464 g/mol. The topological polar surface area (TPSA) is 116 Å². The zero-order chi connectivity index (χ0) is 21.7. The first kappa shape index (κ1) is 24.7. The van der Waals surface area contributed by atoms with Gasteiger partial charge in [0.15, 0.2) is 0 Å². The van der Waals surface area contributed by atoms with Gasteiger partial charge < -0.3 is 10.6 Å². The fourth-order valence-corrected chi connectivity index (χ4v) is 4.78. The van der Waals surface area contributed by atoms with Gasteiger partial charge in [0.05, 0.1) is 5.75 Å². The van der Waals surface area contributed by atoms with Gasteiger partial charge in [-0.3, -0.25) is 14.9 Å². The number of anilines is 2. The van der Waals surface area contributed by atoms with E-state index in [-0.39, 0.29) is 29.9 Å². The second-order valence-corrected chi connectivity index (χ2v) is 9.37. The summed E-state index contributed by atoms with van der Waals surface area (Å²) in [6, 6.07) is 12.8. The predicted molar refractivity (Wildman–Crippen MR) is 128 cm³/mol. The van der Waals surface area contributed by atoms with Gasteiger partial charge in [-0.1, -0.05) is 31.2 Å². The largest absolute Gasteiger partial charge is 0.384 e. The van der Waals surface area contributed by atoms with E-state index >= 15 is 0 Å². The van der Waals surface area contributed by atoms with Crippen molar-refractivity contribution >= 4 is 45.5 Å². The maximum Gasteiger partial charge on any atom is 0.232 e. The van der Waals surface area contributed by atoms with Crippen molar-refractivity contribution in [1.29, 1.82) is 5.41 Å². The van der Waals surface area contributed by atoms with Gasteiger partial charge in [-0.05, 0) is 55.0 Å². The number of halogens is 1. The first-order valence-corrected chi connectivity index (χ1v) is 11.8. The standard InChI is InChI=1S/C22H28N4O3S.ClH/c1-2-14-30(28,29)25-19-10-11-20-18(15-19)4-3-13-26(20)21(27)12-7-16-5-8-17(9-6-16)22(23)24;/h5-6,8-11,15,25H,2-4,7,12-14H2,1H3,(H3,23,24);1H. The van der Waals surface area contributed by atoms with E-state index < -0.39 is 10.0 Å². The molecule has 1 amide bonds. The lowest BCUT2D eigenvalue weighted by molar-refractivity contribution is -0.118. The predicted octanol–water partition coefficient (Wildman–Crippen LogP) is 3.46. The first-order chi connectivity index (χ1) is 14.3. The Morgan fingerprint density at radius 2 is 1.90 bits per heavy atom. The number of amides is 1.